The van der Waals surface area contributed by atoms with Gasteiger partial charge in [0.2, 0.25) is 0 Å². The summed E-state index contributed by atoms with van der Waals surface area (Å²) in [7, 11) is 4.13. The molecule has 96 valence electrons. The monoisotopic (exact) mass is 270 g/mol. The molecule has 2 rings (SSSR count). The van der Waals surface area contributed by atoms with Crippen molar-refractivity contribution in [1.29, 1.82) is 0 Å². The molecular formula is C12H11FO4S. The van der Waals surface area contributed by atoms with Gasteiger partial charge in [-0.15, -0.1) is 11.3 Å². The van der Waals surface area contributed by atoms with Crippen LogP contribution in [0.2, 0.25) is 0 Å². The second kappa shape index (κ2) is 4.81. The van der Waals surface area contributed by atoms with Crippen molar-refractivity contribution in [2.75, 3.05) is 21.3 Å². The third-order valence-electron chi connectivity index (χ3n) is 2.50. The van der Waals surface area contributed by atoms with Gasteiger partial charge in [-0.05, 0) is 6.07 Å². The molecule has 0 aliphatic rings. The van der Waals surface area contributed by atoms with E-state index in [1.807, 2.05) is 0 Å². The Morgan fingerprint density at radius 1 is 1.17 bits per heavy atom. The summed E-state index contributed by atoms with van der Waals surface area (Å²) in [4.78, 5) is 11.8. The molecule has 18 heavy (non-hydrogen) atoms. The summed E-state index contributed by atoms with van der Waals surface area (Å²) >= 11 is 1.12. The van der Waals surface area contributed by atoms with Crippen LogP contribution in [0.25, 0.3) is 10.1 Å². The number of carbonyl (C=O) groups is 1. The molecule has 1 heterocycles. The first-order valence-electron chi connectivity index (χ1n) is 5.04. The van der Waals surface area contributed by atoms with Crippen LogP contribution in [0.4, 0.5) is 4.39 Å². The van der Waals surface area contributed by atoms with E-state index in [0.29, 0.717) is 15.3 Å². The quantitative estimate of drug-likeness (QED) is 0.804. The van der Waals surface area contributed by atoms with E-state index in [1.54, 1.807) is 0 Å². The Balaban J connectivity index is 2.73. The largest absolute Gasteiger partial charge is 0.495 e. The molecule has 0 saturated heterocycles. The maximum absolute atomic E-state index is 14.0. The van der Waals surface area contributed by atoms with E-state index < -0.39 is 11.8 Å². The van der Waals surface area contributed by atoms with Gasteiger partial charge in [0.05, 0.1) is 26.0 Å². The molecule has 0 N–H and O–H groups in total. The first-order chi connectivity index (χ1) is 8.62. The van der Waals surface area contributed by atoms with Gasteiger partial charge in [-0.2, -0.15) is 0 Å². The number of halogens is 1. The summed E-state index contributed by atoms with van der Waals surface area (Å²) in [6.45, 7) is 0. The molecule has 0 atom stereocenters. The summed E-state index contributed by atoms with van der Waals surface area (Å²) in [6.07, 6.45) is 0. The van der Waals surface area contributed by atoms with Gasteiger partial charge in [-0.3, -0.25) is 0 Å². The summed E-state index contributed by atoms with van der Waals surface area (Å²) in [6, 6.07) is 2.89. The van der Waals surface area contributed by atoms with Gasteiger partial charge in [-0.1, -0.05) is 0 Å². The zero-order chi connectivity index (χ0) is 13.3. The lowest BCUT2D eigenvalue weighted by Crippen LogP contribution is -1.96. The lowest BCUT2D eigenvalue weighted by Gasteiger charge is -2.06. The molecule has 4 nitrogen and oxygen atoms in total. The molecule has 0 bridgehead atoms. The summed E-state index contributed by atoms with van der Waals surface area (Å²) < 4.78 is 29.3. The lowest BCUT2D eigenvalue weighted by atomic mass is 10.2. The Morgan fingerprint density at radius 2 is 1.83 bits per heavy atom. The standard InChI is InChI=1S/C12H11FO4S/c1-15-7-5-8(16-2)11-6(10(7)13)4-9(18-11)12(14)17-3/h4-5H,1-3H3. The Bertz CT molecular complexity index is 606. The van der Waals surface area contributed by atoms with Crippen molar-refractivity contribution in [1.82, 2.24) is 0 Å². The Labute approximate surface area is 107 Å². The Morgan fingerprint density at radius 3 is 2.39 bits per heavy atom. The van der Waals surface area contributed by atoms with Crippen LogP contribution in [0.15, 0.2) is 12.1 Å². The van der Waals surface area contributed by atoms with Crippen LogP contribution in [0.1, 0.15) is 9.67 Å². The molecule has 6 heteroatoms. The number of rotatable bonds is 3. The lowest BCUT2D eigenvalue weighted by molar-refractivity contribution is 0.0606. The Hall–Kier alpha value is -1.82. The number of esters is 1. The zero-order valence-corrected chi connectivity index (χ0v) is 10.9. The predicted molar refractivity (Wildman–Crippen MR) is 66.2 cm³/mol. The number of benzene rings is 1. The van der Waals surface area contributed by atoms with Crippen LogP contribution in [0.5, 0.6) is 11.5 Å². The fourth-order valence-electron chi connectivity index (χ4n) is 1.62. The number of carbonyl (C=O) groups excluding carboxylic acids is 1. The smallest absolute Gasteiger partial charge is 0.348 e. The van der Waals surface area contributed by atoms with Gasteiger partial charge in [0, 0.05) is 11.5 Å². The Kier molecular flexibility index (Phi) is 3.38. The van der Waals surface area contributed by atoms with Crippen LogP contribution in [0.3, 0.4) is 0 Å². The molecule has 2 aromatic rings. The van der Waals surface area contributed by atoms with Crippen LogP contribution in [0, 0.1) is 5.82 Å². The van der Waals surface area contributed by atoms with E-state index in [-0.39, 0.29) is 11.1 Å². The molecule has 0 saturated carbocycles. The highest BCUT2D eigenvalue weighted by atomic mass is 32.1. The fraction of sp³-hybridized carbons (Fsp3) is 0.250. The van der Waals surface area contributed by atoms with Crippen molar-refractivity contribution in [2.24, 2.45) is 0 Å². The van der Waals surface area contributed by atoms with Crippen molar-refractivity contribution in [3.63, 3.8) is 0 Å². The molecule has 0 radical (unpaired) electrons. The minimum atomic E-state index is -0.514. The molecule has 1 aromatic carbocycles. The zero-order valence-electron chi connectivity index (χ0n) is 10.1. The number of hydrogen-bond donors (Lipinski definition) is 0. The minimum Gasteiger partial charge on any atom is -0.495 e. The van der Waals surface area contributed by atoms with E-state index in [4.69, 9.17) is 9.47 Å². The van der Waals surface area contributed by atoms with Gasteiger partial charge < -0.3 is 14.2 Å². The van der Waals surface area contributed by atoms with Crippen molar-refractivity contribution in [3.05, 3.63) is 22.8 Å². The predicted octanol–water partition coefficient (Wildman–Crippen LogP) is 2.84. The highest BCUT2D eigenvalue weighted by Crippen LogP contribution is 2.39. The highest BCUT2D eigenvalue weighted by Gasteiger charge is 2.19. The number of methoxy groups -OCH3 is 3. The SMILES string of the molecule is COC(=O)c1cc2c(F)c(OC)cc(OC)c2s1. The maximum Gasteiger partial charge on any atom is 0.348 e. The number of ether oxygens (including phenoxy) is 3. The molecule has 0 spiro atoms. The van der Waals surface area contributed by atoms with E-state index in [0.717, 1.165) is 11.3 Å². The first kappa shape index (κ1) is 12.6. The molecule has 0 fully saturated rings. The maximum atomic E-state index is 14.0. The van der Waals surface area contributed by atoms with Crippen LogP contribution in [-0.2, 0) is 4.74 Å². The topological polar surface area (TPSA) is 44.8 Å². The average molecular weight is 270 g/mol. The van der Waals surface area contributed by atoms with Gasteiger partial charge in [-0.25, -0.2) is 9.18 Å². The summed E-state index contributed by atoms with van der Waals surface area (Å²) in [5.41, 5.74) is 0. The molecule has 0 aliphatic carbocycles. The second-order valence-corrected chi connectivity index (χ2v) is 4.49. The third kappa shape index (κ3) is 1.88. The molecule has 0 unspecified atom stereocenters. The van der Waals surface area contributed by atoms with E-state index in [9.17, 15) is 9.18 Å². The molecule has 0 amide bonds. The highest BCUT2D eigenvalue weighted by molar-refractivity contribution is 7.21. The average Bonchev–Trinajstić information content (AvgIpc) is 2.84. The number of fused-ring (bicyclic) bond motifs is 1. The van der Waals surface area contributed by atoms with E-state index in [1.165, 1.54) is 33.5 Å². The van der Waals surface area contributed by atoms with Gasteiger partial charge in [0.25, 0.3) is 0 Å². The van der Waals surface area contributed by atoms with E-state index >= 15 is 0 Å². The fourth-order valence-corrected chi connectivity index (χ4v) is 2.68. The molecule has 1 aromatic heterocycles. The third-order valence-corrected chi connectivity index (χ3v) is 3.63. The van der Waals surface area contributed by atoms with Gasteiger partial charge in [0.15, 0.2) is 11.6 Å². The van der Waals surface area contributed by atoms with Gasteiger partial charge in [0.1, 0.15) is 10.6 Å². The number of hydrogen-bond acceptors (Lipinski definition) is 5. The normalized spacial score (nSPS) is 10.4. The van der Waals surface area contributed by atoms with Crippen molar-refractivity contribution in [2.45, 2.75) is 0 Å². The first-order valence-corrected chi connectivity index (χ1v) is 5.86. The second-order valence-electron chi connectivity index (χ2n) is 3.44. The van der Waals surface area contributed by atoms with Crippen LogP contribution in [-0.4, -0.2) is 27.3 Å². The molecule has 0 aliphatic heterocycles. The van der Waals surface area contributed by atoms with Crippen LogP contribution >= 0.6 is 11.3 Å². The van der Waals surface area contributed by atoms with Crippen molar-refractivity contribution in [3.8, 4) is 11.5 Å². The summed E-state index contributed by atoms with van der Waals surface area (Å²) in [5, 5.41) is 0.289. The molecular weight excluding hydrogens is 259 g/mol. The summed E-state index contributed by atoms with van der Waals surface area (Å²) in [5.74, 6) is -0.478. The van der Waals surface area contributed by atoms with Crippen molar-refractivity contribution >= 4 is 27.4 Å². The van der Waals surface area contributed by atoms with Crippen molar-refractivity contribution < 1.29 is 23.4 Å². The van der Waals surface area contributed by atoms with Crippen LogP contribution < -0.4 is 9.47 Å². The van der Waals surface area contributed by atoms with E-state index in [2.05, 4.69) is 4.74 Å². The van der Waals surface area contributed by atoms with Gasteiger partial charge >= 0.3 is 5.97 Å². The minimum absolute atomic E-state index is 0.0774. The number of thiophene rings is 1.